The quantitative estimate of drug-likeness (QED) is 0.590. The molecule has 0 spiro atoms. The fourth-order valence-corrected chi connectivity index (χ4v) is 3.51. The van der Waals surface area contributed by atoms with Crippen LogP contribution < -0.4 is 9.47 Å². The maximum absolute atomic E-state index is 12.5. The molecule has 0 unspecified atom stereocenters. The third kappa shape index (κ3) is 4.97. The predicted molar refractivity (Wildman–Crippen MR) is 111 cm³/mol. The number of amides is 1. The van der Waals surface area contributed by atoms with Gasteiger partial charge in [0.25, 0.3) is 11.8 Å². The molecule has 7 heteroatoms. The van der Waals surface area contributed by atoms with Crippen molar-refractivity contribution in [2.75, 3.05) is 19.7 Å². The summed E-state index contributed by atoms with van der Waals surface area (Å²) in [7, 11) is 0. The first-order valence-corrected chi connectivity index (χ1v) is 10.2. The lowest BCUT2D eigenvalue weighted by Gasteiger charge is -2.30. The van der Waals surface area contributed by atoms with Crippen LogP contribution >= 0.6 is 0 Å². The van der Waals surface area contributed by atoms with Crippen LogP contribution in [0, 0.1) is 5.92 Å². The SMILES string of the molecule is C[C@@H]1CCCN(C(=O)COc2ccccc2-c2noc(COc3ccccc3)n2)C1. The van der Waals surface area contributed by atoms with E-state index in [1.807, 2.05) is 53.4 Å². The molecule has 1 aliphatic rings. The summed E-state index contributed by atoms with van der Waals surface area (Å²) in [6, 6.07) is 16.8. The molecule has 4 rings (SSSR count). The Morgan fingerprint density at radius 2 is 1.93 bits per heavy atom. The minimum atomic E-state index is -0.00837. The largest absolute Gasteiger partial charge is 0.484 e. The Hall–Kier alpha value is -3.35. The molecule has 1 amide bonds. The van der Waals surface area contributed by atoms with Crippen molar-refractivity contribution in [2.24, 2.45) is 5.92 Å². The molecule has 0 radical (unpaired) electrons. The lowest BCUT2D eigenvalue weighted by molar-refractivity contribution is -0.135. The monoisotopic (exact) mass is 407 g/mol. The summed E-state index contributed by atoms with van der Waals surface area (Å²) >= 11 is 0. The number of aromatic nitrogens is 2. The second kappa shape index (κ2) is 9.43. The van der Waals surface area contributed by atoms with E-state index in [2.05, 4.69) is 17.1 Å². The highest BCUT2D eigenvalue weighted by molar-refractivity contribution is 5.78. The molecule has 1 aliphatic heterocycles. The maximum atomic E-state index is 12.5. The number of hydrogen-bond donors (Lipinski definition) is 0. The number of likely N-dealkylation sites (tertiary alicyclic amines) is 1. The van der Waals surface area contributed by atoms with Crippen LogP contribution in [-0.4, -0.2) is 40.6 Å². The van der Waals surface area contributed by atoms with Crippen LogP contribution in [-0.2, 0) is 11.4 Å². The van der Waals surface area contributed by atoms with Crippen molar-refractivity contribution in [3.05, 3.63) is 60.5 Å². The Morgan fingerprint density at radius 3 is 2.77 bits per heavy atom. The standard InChI is InChI=1S/C23H25N3O4/c1-17-8-7-13-26(14-17)22(27)16-29-20-12-6-5-11-19(20)23-24-21(30-25-23)15-28-18-9-3-2-4-10-18/h2-6,9-12,17H,7-8,13-16H2,1H3/t17-/m1/s1. The molecule has 2 heterocycles. The van der Waals surface area contributed by atoms with E-state index in [1.54, 1.807) is 6.07 Å². The van der Waals surface area contributed by atoms with Crippen LogP contribution in [0.2, 0.25) is 0 Å². The second-order valence-corrected chi connectivity index (χ2v) is 7.49. The number of nitrogens with zero attached hydrogens (tertiary/aromatic N) is 3. The molecule has 0 aliphatic carbocycles. The topological polar surface area (TPSA) is 77.7 Å². The normalized spacial score (nSPS) is 16.3. The minimum Gasteiger partial charge on any atom is -0.484 e. The van der Waals surface area contributed by atoms with Gasteiger partial charge in [-0.05, 0) is 43.0 Å². The van der Waals surface area contributed by atoms with Gasteiger partial charge in [-0.15, -0.1) is 0 Å². The van der Waals surface area contributed by atoms with Crippen molar-refractivity contribution in [1.29, 1.82) is 0 Å². The van der Waals surface area contributed by atoms with Crippen LogP contribution in [0.25, 0.3) is 11.4 Å². The zero-order valence-electron chi connectivity index (χ0n) is 17.0. The van der Waals surface area contributed by atoms with Crippen molar-refractivity contribution in [1.82, 2.24) is 15.0 Å². The molecule has 1 saturated heterocycles. The van der Waals surface area contributed by atoms with Crippen LogP contribution in [0.4, 0.5) is 0 Å². The first kappa shape index (κ1) is 19.9. The van der Waals surface area contributed by atoms with E-state index in [0.717, 1.165) is 25.3 Å². The van der Waals surface area contributed by atoms with Gasteiger partial charge in [0, 0.05) is 13.1 Å². The van der Waals surface area contributed by atoms with E-state index in [-0.39, 0.29) is 19.1 Å². The number of ether oxygens (including phenoxy) is 2. The average molecular weight is 407 g/mol. The van der Waals surface area contributed by atoms with Crippen molar-refractivity contribution in [2.45, 2.75) is 26.4 Å². The van der Waals surface area contributed by atoms with E-state index in [1.165, 1.54) is 6.42 Å². The summed E-state index contributed by atoms with van der Waals surface area (Å²) in [6.45, 7) is 3.92. The summed E-state index contributed by atoms with van der Waals surface area (Å²) in [4.78, 5) is 18.8. The van der Waals surface area contributed by atoms with Crippen LogP contribution in [0.15, 0.2) is 59.1 Å². The first-order valence-electron chi connectivity index (χ1n) is 10.2. The van der Waals surface area contributed by atoms with Gasteiger partial charge in [0.1, 0.15) is 11.5 Å². The molecule has 0 N–H and O–H groups in total. The number of para-hydroxylation sites is 2. The Labute approximate surface area is 175 Å². The molecule has 0 bridgehead atoms. The zero-order valence-corrected chi connectivity index (χ0v) is 17.0. The van der Waals surface area contributed by atoms with E-state index < -0.39 is 0 Å². The Kier molecular flexibility index (Phi) is 6.27. The number of carbonyl (C=O) groups is 1. The minimum absolute atomic E-state index is 0.00131. The van der Waals surface area contributed by atoms with E-state index in [0.29, 0.717) is 28.9 Å². The smallest absolute Gasteiger partial charge is 0.264 e. The highest BCUT2D eigenvalue weighted by Gasteiger charge is 2.22. The number of hydrogen-bond acceptors (Lipinski definition) is 6. The number of carbonyl (C=O) groups excluding carboxylic acids is 1. The molecule has 156 valence electrons. The Morgan fingerprint density at radius 1 is 1.13 bits per heavy atom. The first-order chi connectivity index (χ1) is 14.7. The van der Waals surface area contributed by atoms with Gasteiger partial charge in [0.05, 0.1) is 5.56 Å². The molecule has 7 nitrogen and oxygen atoms in total. The Balaban J connectivity index is 1.39. The summed E-state index contributed by atoms with van der Waals surface area (Å²) in [5.41, 5.74) is 0.673. The lowest BCUT2D eigenvalue weighted by Crippen LogP contribution is -2.41. The van der Waals surface area contributed by atoms with Crippen molar-refractivity contribution in [3.8, 4) is 22.9 Å². The van der Waals surface area contributed by atoms with E-state index >= 15 is 0 Å². The van der Waals surface area contributed by atoms with Gasteiger partial charge < -0.3 is 18.9 Å². The van der Waals surface area contributed by atoms with Crippen LogP contribution in [0.3, 0.4) is 0 Å². The fraction of sp³-hybridized carbons (Fsp3) is 0.348. The van der Waals surface area contributed by atoms with Gasteiger partial charge in [0.2, 0.25) is 5.82 Å². The summed E-state index contributed by atoms with van der Waals surface area (Å²) < 4.78 is 16.8. The fourth-order valence-electron chi connectivity index (χ4n) is 3.51. The third-order valence-corrected chi connectivity index (χ3v) is 5.06. The van der Waals surface area contributed by atoms with Crippen LogP contribution in [0.1, 0.15) is 25.7 Å². The average Bonchev–Trinajstić information content (AvgIpc) is 3.26. The van der Waals surface area contributed by atoms with Crippen molar-refractivity contribution in [3.63, 3.8) is 0 Å². The summed E-state index contributed by atoms with van der Waals surface area (Å²) in [5, 5.41) is 4.04. The van der Waals surface area contributed by atoms with Gasteiger partial charge in [-0.3, -0.25) is 4.79 Å². The molecule has 30 heavy (non-hydrogen) atoms. The predicted octanol–water partition coefficient (Wildman–Crippen LogP) is 3.95. The molecule has 2 aromatic carbocycles. The molecular formula is C23H25N3O4. The van der Waals surface area contributed by atoms with E-state index in [4.69, 9.17) is 14.0 Å². The number of piperidine rings is 1. The van der Waals surface area contributed by atoms with Gasteiger partial charge in [-0.1, -0.05) is 42.4 Å². The highest BCUT2D eigenvalue weighted by Crippen LogP contribution is 2.28. The Bertz CT molecular complexity index is 973. The summed E-state index contributed by atoms with van der Waals surface area (Å²) in [6.07, 6.45) is 2.21. The van der Waals surface area contributed by atoms with Gasteiger partial charge in [-0.25, -0.2) is 0 Å². The molecule has 1 aromatic heterocycles. The second-order valence-electron chi connectivity index (χ2n) is 7.49. The zero-order chi connectivity index (χ0) is 20.8. The number of benzene rings is 2. The lowest BCUT2D eigenvalue weighted by atomic mass is 10.0. The highest BCUT2D eigenvalue weighted by atomic mass is 16.5. The maximum Gasteiger partial charge on any atom is 0.264 e. The molecule has 3 aromatic rings. The van der Waals surface area contributed by atoms with Gasteiger partial charge >= 0.3 is 0 Å². The molecule has 1 fully saturated rings. The van der Waals surface area contributed by atoms with Crippen LogP contribution in [0.5, 0.6) is 11.5 Å². The van der Waals surface area contributed by atoms with Crippen molar-refractivity contribution >= 4 is 5.91 Å². The molecule has 0 saturated carbocycles. The molecular weight excluding hydrogens is 382 g/mol. The summed E-state index contributed by atoms with van der Waals surface area (Å²) in [5.74, 6) is 2.57. The number of rotatable bonds is 7. The van der Waals surface area contributed by atoms with Gasteiger partial charge in [0.15, 0.2) is 13.2 Å². The van der Waals surface area contributed by atoms with E-state index in [9.17, 15) is 4.79 Å². The van der Waals surface area contributed by atoms with Gasteiger partial charge in [-0.2, -0.15) is 4.98 Å². The third-order valence-electron chi connectivity index (χ3n) is 5.06. The molecule has 1 atom stereocenters. The van der Waals surface area contributed by atoms with Crippen molar-refractivity contribution < 1.29 is 18.8 Å².